The van der Waals surface area contributed by atoms with Gasteiger partial charge in [0.1, 0.15) is 17.2 Å². The van der Waals surface area contributed by atoms with Gasteiger partial charge in [-0.2, -0.15) is 0 Å². The SMILES string of the molecule is O=C(O)[C@](C(c1ccc(Oc2ccc(O)cc2)cc1)[N+](=O)[O-])(N([N+](=O)[O-])[N+](=O)[O-])[N+](=O)[O-]. The molecule has 0 fully saturated rings. The van der Waals surface area contributed by atoms with Crippen molar-refractivity contribution >= 4 is 5.97 Å². The van der Waals surface area contributed by atoms with Crippen LogP contribution < -0.4 is 4.74 Å². The van der Waals surface area contributed by atoms with Crippen LogP contribution in [0.4, 0.5) is 0 Å². The van der Waals surface area contributed by atoms with Gasteiger partial charge in [0.05, 0.1) is 4.92 Å². The predicted molar refractivity (Wildman–Crippen MR) is 97.5 cm³/mol. The molecule has 0 saturated carbocycles. The number of benzene rings is 2. The average molecular weight is 453 g/mol. The Labute approximate surface area is 175 Å². The van der Waals surface area contributed by atoms with E-state index in [9.17, 15) is 55.5 Å². The molecule has 32 heavy (non-hydrogen) atoms. The van der Waals surface area contributed by atoms with E-state index in [-0.39, 0.29) is 17.2 Å². The van der Waals surface area contributed by atoms with Crippen molar-refractivity contribution in [1.29, 1.82) is 0 Å². The van der Waals surface area contributed by atoms with Crippen LogP contribution >= 0.6 is 0 Å². The van der Waals surface area contributed by atoms with Crippen LogP contribution in [0.15, 0.2) is 48.5 Å². The predicted octanol–water partition coefficient (Wildman–Crippen LogP) is 1.25. The van der Waals surface area contributed by atoms with Crippen LogP contribution in [0, 0.1) is 40.5 Å². The van der Waals surface area contributed by atoms with Gasteiger partial charge >= 0.3 is 17.7 Å². The van der Waals surface area contributed by atoms with E-state index in [0.717, 1.165) is 24.3 Å². The van der Waals surface area contributed by atoms with Gasteiger partial charge in [0.25, 0.3) is 5.12 Å². The molecule has 0 spiro atoms. The molecule has 0 aliphatic rings. The minimum atomic E-state index is -4.43. The van der Waals surface area contributed by atoms with Crippen LogP contribution in [0.25, 0.3) is 0 Å². The molecule has 0 aromatic heterocycles. The van der Waals surface area contributed by atoms with Crippen LogP contribution in [0.3, 0.4) is 0 Å². The number of hydrogen-bond acceptors (Lipinski definition) is 11. The number of nitro groups is 4. The van der Waals surface area contributed by atoms with Gasteiger partial charge in [-0.3, -0.25) is 20.2 Å². The van der Waals surface area contributed by atoms with Crippen LogP contribution in [-0.4, -0.2) is 46.9 Å². The number of phenolic OH excluding ortho intramolecular Hbond substituents is 1. The van der Waals surface area contributed by atoms with E-state index >= 15 is 0 Å². The van der Waals surface area contributed by atoms with Gasteiger partial charge in [-0.25, -0.2) is 25.0 Å². The molecule has 0 saturated heterocycles. The second-order valence-corrected chi connectivity index (χ2v) is 5.91. The molecular formula is C15H11N5O12. The summed E-state index contributed by atoms with van der Waals surface area (Å²) < 4.78 is 5.37. The molecule has 0 amide bonds. The van der Waals surface area contributed by atoms with Gasteiger partial charge < -0.3 is 14.9 Å². The summed E-state index contributed by atoms with van der Waals surface area (Å²) in [5.74, 6) is -2.65. The molecular weight excluding hydrogens is 442 g/mol. The van der Waals surface area contributed by atoms with E-state index < -0.39 is 48.3 Å². The molecule has 2 aromatic rings. The highest BCUT2D eigenvalue weighted by Gasteiger charge is 2.82. The first-order valence-corrected chi connectivity index (χ1v) is 8.10. The van der Waals surface area contributed by atoms with E-state index in [1.165, 1.54) is 24.3 Å². The fraction of sp³-hybridized carbons (Fsp3) is 0.133. The highest BCUT2D eigenvalue weighted by molar-refractivity contribution is 5.77. The molecule has 2 aromatic carbocycles. The second-order valence-electron chi connectivity index (χ2n) is 5.91. The summed E-state index contributed by atoms with van der Waals surface area (Å²) in [6.45, 7) is 0. The zero-order valence-electron chi connectivity index (χ0n) is 15.4. The minimum Gasteiger partial charge on any atom is -0.508 e. The number of phenols is 1. The molecule has 17 heteroatoms. The Kier molecular flexibility index (Phi) is 6.33. The second kappa shape index (κ2) is 8.73. The first-order chi connectivity index (χ1) is 14.9. The number of aromatic hydroxyl groups is 1. The molecule has 17 nitrogen and oxygen atoms in total. The molecule has 0 aliphatic carbocycles. The Balaban J connectivity index is 2.60. The van der Waals surface area contributed by atoms with Gasteiger partial charge in [-0.1, -0.05) is 0 Å². The lowest BCUT2D eigenvalue weighted by atomic mass is 9.93. The number of nitrogens with zero attached hydrogens (tertiary/aromatic N) is 5. The molecule has 168 valence electrons. The smallest absolute Gasteiger partial charge is 0.508 e. The Hall–Kier alpha value is -5.09. The molecule has 2 N–H and O–H groups in total. The topological polar surface area (TPSA) is 243 Å². The maximum Gasteiger partial charge on any atom is 0.573 e. The van der Waals surface area contributed by atoms with Crippen molar-refractivity contribution in [3.05, 3.63) is 94.6 Å². The van der Waals surface area contributed by atoms with Gasteiger partial charge in [0.2, 0.25) is 10.1 Å². The van der Waals surface area contributed by atoms with Crippen molar-refractivity contribution < 1.29 is 39.7 Å². The number of carboxylic acid groups (broad SMARTS) is 1. The quantitative estimate of drug-likeness (QED) is 0.292. The van der Waals surface area contributed by atoms with E-state index in [1.807, 2.05) is 0 Å². The fourth-order valence-corrected chi connectivity index (χ4v) is 2.74. The molecule has 0 radical (unpaired) electrons. The summed E-state index contributed by atoms with van der Waals surface area (Å²) in [5, 5.41) is 58.4. The average Bonchev–Trinajstić information content (AvgIpc) is 2.69. The van der Waals surface area contributed by atoms with Crippen molar-refractivity contribution in [2.75, 3.05) is 0 Å². The number of ether oxygens (including phenoxy) is 1. The lowest BCUT2D eigenvalue weighted by Crippen LogP contribution is -2.68. The first-order valence-electron chi connectivity index (χ1n) is 8.10. The zero-order valence-corrected chi connectivity index (χ0v) is 15.4. The lowest BCUT2D eigenvalue weighted by molar-refractivity contribution is -0.964. The molecule has 1 unspecified atom stereocenters. The highest BCUT2D eigenvalue weighted by Crippen LogP contribution is 2.37. The number of aliphatic carboxylic acids is 1. The molecule has 0 bridgehead atoms. The third kappa shape index (κ3) is 4.10. The number of hydrazine groups is 2. The zero-order chi connectivity index (χ0) is 24.2. The summed E-state index contributed by atoms with van der Waals surface area (Å²) in [5.41, 5.74) is -5.20. The number of carbonyl (C=O) groups is 1. The van der Waals surface area contributed by atoms with Crippen molar-refractivity contribution in [3.63, 3.8) is 0 Å². The Bertz CT molecular complexity index is 1040. The van der Waals surface area contributed by atoms with E-state index in [1.54, 1.807) is 0 Å². The fourth-order valence-electron chi connectivity index (χ4n) is 2.74. The number of hydrogen-bond donors (Lipinski definition) is 2. The largest absolute Gasteiger partial charge is 0.573 e. The number of carboxylic acids is 1. The van der Waals surface area contributed by atoms with Gasteiger partial charge in [-0.05, 0) is 48.5 Å². The number of rotatable bonds is 10. The maximum absolute atomic E-state index is 11.7. The third-order valence-corrected chi connectivity index (χ3v) is 4.07. The summed E-state index contributed by atoms with van der Waals surface area (Å²) in [6.07, 6.45) is 0. The standard InChI is InChI=1S/C15H11N5O12/c21-10-3-7-12(8-4-10)32-11-5-1-9(2-6-11)13(16(24)25)15(14(22)23,18(26)27)17(19(28)29)20(30)31/h1-8,13,21H,(H,22,23)/t13?,15-/m1/s1. The Morgan fingerprint density at radius 3 is 1.66 bits per heavy atom. The molecule has 0 heterocycles. The van der Waals surface area contributed by atoms with Crippen molar-refractivity contribution in [3.8, 4) is 17.2 Å². The summed E-state index contributed by atoms with van der Waals surface area (Å²) in [4.78, 5) is 53.6. The van der Waals surface area contributed by atoms with Crippen LogP contribution in [0.2, 0.25) is 0 Å². The Morgan fingerprint density at radius 2 is 1.31 bits per heavy atom. The van der Waals surface area contributed by atoms with Crippen molar-refractivity contribution in [2.45, 2.75) is 11.7 Å². The monoisotopic (exact) mass is 453 g/mol. The molecule has 2 rings (SSSR count). The normalized spacial score (nSPS) is 13.2. The molecule has 0 aliphatic heterocycles. The van der Waals surface area contributed by atoms with E-state index in [4.69, 9.17) is 4.74 Å². The highest BCUT2D eigenvalue weighted by atomic mass is 16.8. The van der Waals surface area contributed by atoms with Crippen LogP contribution in [-0.2, 0) is 4.79 Å². The van der Waals surface area contributed by atoms with Crippen molar-refractivity contribution in [2.24, 2.45) is 0 Å². The first kappa shape index (κ1) is 23.2. The lowest BCUT2D eigenvalue weighted by Gasteiger charge is -2.22. The van der Waals surface area contributed by atoms with Gasteiger partial charge in [-0.15, -0.1) is 0 Å². The third-order valence-electron chi connectivity index (χ3n) is 4.07. The molecule has 2 atom stereocenters. The van der Waals surface area contributed by atoms with Crippen molar-refractivity contribution in [1.82, 2.24) is 5.12 Å². The minimum absolute atomic E-state index is 0.00368. The summed E-state index contributed by atoms with van der Waals surface area (Å²) in [6, 6.07) is 5.85. The van der Waals surface area contributed by atoms with Gasteiger partial charge in [0, 0.05) is 10.5 Å². The van der Waals surface area contributed by atoms with Crippen LogP contribution in [0.5, 0.6) is 17.2 Å². The Morgan fingerprint density at radius 1 is 0.875 bits per heavy atom. The van der Waals surface area contributed by atoms with E-state index in [0.29, 0.717) is 0 Å². The summed E-state index contributed by atoms with van der Waals surface area (Å²) >= 11 is 0. The maximum atomic E-state index is 11.7. The van der Waals surface area contributed by atoms with E-state index in [2.05, 4.69) is 0 Å². The van der Waals surface area contributed by atoms with Crippen LogP contribution in [0.1, 0.15) is 11.6 Å². The van der Waals surface area contributed by atoms with Gasteiger partial charge in [0.15, 0.2) is 0 Å². The summed E-state index contributed by atoms with van der Waals surface area (Å²) in [7, 11) is 0.